The molecule has 1 aromatic carbocycles. The molecule has 0 amide bonds. The summed E-state index contributed by atoms with van der Waals surface area (Å²) in [5.41, 5.74) is 1.86. The van der Waals surface area contributed by atoms with E-state index in [1.165, 1.54) is 18.3 Å². The summed E-state index contributed by atoms with van der Waals surface area (Å²) in [5.74, 6) is -0.773. The van der Waals surface area contributed by atoms with E-state index < -0.39 is 5.97 Å². The summed E-state index contributed by atoms with van der Waals surface area (Å²) in [5, 5.41) is 1.24. The lowest BCUT2D eigenvalue weighted by molar-refractivity contribution is 0.0517. The molecule has 0 saturated heterocycles. The lowest BCUT2D eigenvalue weighted by Crippen LogP contribution is -2.09. The number of ketones is 1. The van der Waals surface area contributed by atoms with Gasteiger partial charge in [-0.25, -0.2) is 9.78 Å². The topological polar surface area (TPSA) is 56.3 Å². The Kier molecular flexibility index (Phi) is 4.75. The molecule has 110 valence electrons. The molecule has 6 heteroatoms. The monoisotopic (exact) mass is 323 g/mol. The molecule has 0 bridgehead atoms. The van der Waals surface area contributed by atoms with Gasteiger partial charge in [-0.15, -0.1) is 11.3 Å². The normalized spacial score (nSPS) is 10.5. The quantitative estimate of drug-likeness (QED) is 0.626. The fourth-order valence-corrected chi connectivity index (χ4v) is 3.14. The molecule has 2 aromatic rings. The first-order valence-corrected chi connectivity index (χ1v) is 7.59. The predicted molar refractivity (Wildman–Crippen MR) is 83.3 cm³/mol. The van der Waals surface area contributed by atoms with Gasteiger partial charge in [-0.05, 0) is 31.5 Å². The smallest absolute Gasteiger partial charge is 0.358 e. The van der Waals surface area contributed by atoms with Gasteiger partial charge in [0.05, 0.1) is 6.61 Å². The summed E-state index contributed by atoms with van der Waals surface area (Å²) in [6, 6.07) is 5.40. The van der Waals surface area contributed by atoms with Crippen molar-refractivity contribution in [2.24, 2.45) is 0 Å². The summed E-state index contributed by atoms with van der Waals surface area (Å²) in [7, 11) is 0. The van der Waals surface area contributed by atoms with Crippen LogP contribution >= 0.6 is 22.9 Å². The van der Waals surface area contributed by atoms with Crippen LogP contribution in [0.5, 0.6) is 0 Å². The van der Waals surface area contributed by atoms with E-state index in [1.807, 2.05) is 19.1 Å². The van der Waals surface area contributed by atoms with Crippen LogP contribution in [0.25, 0.3) is 10.6 Å². The number of ether oxygens (including phenoxy) is 1. The molecule has 21 heavy (non-hydrogen) atoms. The molecule has 0 aliphatic carbocycles. The van der Waals surface area contributed by atoms with Gasteiger partial charge in [0.25, 0.3) is 0 Å². The molecule has 4 nitrogen and oxygen atoms in total. The third kappa shape index (κ3) is 3.31. The van der Waals surface area contributed by atoms with Crippen molar-refractivity contribution in [3.8, 4) is 10.6 Å². The molecule has 0 N–H and O–H groups in total. The summed E-state index contributed by atoms with van der Waals surface area (Å²) in [4.78, 5) is 28.2. The maximum Gasteiger partial charge on any atom is 0.358 e. The number of rotatable bonds is 4. The van der Waals surface area contributed by atoms with Crippen molar-refractivity contribution in [2.75, 3.05) is 6.61 Å². The summed E-state index contributed by atoms with van der Waals surface area (Å²) in [6.45, 7) is 5.26. The summed E-state index contributed by atoms with van der Waals surface area (Å²) >= 11 is 7.13. The zero-order valence-electron chi connectivity index (χ0n) is 11.9. The van der Waals surface area contributed by atoms with Gasteiger partial charge in [0, 0.05) is 17.5 Å². The van der Waals surface area contributed by atoms with Gasteiger partial charge in [0.15, 0.2) is 11.5 Å². The highest BCUT2D eigenvalue weighted by Gasteiger charge is 2.23. The van der Waals surface area contributed by atoms with Gasteiger partial charge in [-0.2, -0.15) is 0 Å². The van der Waals surface area contributed by atoms with E-state index in [0.29, 0.717) is 14.9 Å². The van der Waals surface area contributed by atoms with E-state index >= 15 is 0 Å². The van der Waals surface area contributed by atoms with E-state index in [0.717, 1.165) is 11.1 Å². The third-order valence-electron chi connectivity index (χ3n) is 2.83. The predicted octanol–water partition coefficient (Wildman–Crippen LogP) is 4.15. The molecular formula is C15H14ClNO3S. The van der Waals surface area contributed by atoms with Gasteiger partial charge in [-0.1, -0.05) is 17.7 Å². The zero-order chi connectivity index (χ0) is 15.6. The molecule has 0 saturated carbocycles. The second kappa shape index (κ2) is 6.37. The van der Waals surface area contributed by atoms with E-state index in [-0.39, 0.29) is 18.1 Å². The molecule has 0 aliphatic rings. The van der Waals surface area contributed by atoms with Gasteiger partial charge < -0.3 is 4.74 Å². The molecule has 0 spiro atoms. The van der Waals surface area contributed by atoms with E-state index in [4.69, 9.17) is 16.3 Å². The SMILES string of the molecule is CCOC(=O)c1nc(-c2ccc(Cl)cc2C)sc1C(C)=O. The van der Waals surface area contributed by atoms with Crippen molar-refractivity contribution in [3.63, 3.8) is 0 Å². The number of carbonyl (C=O) groups is 2. The number of aromatic nitrogens is 1. The first-order valence-electron chi connectivity index (χ1n) is 6.39. The molecule has 0 atom stereocenters. The lowest BCUT2D eigenvalue weighted by atomic mass is 10.1. The number of hydrogen-bond acceptors (Lipinski definition) is 5. The van der Waals surface area contributed by atoms with E-state index in [9.17, 15) is 9.59 Å². The number of hydrogen-bond donors (Lipinski definition) is 0. The maximum absolute atomic E-state index is 11.9. The number of aryl methyl sites for hydroxylation is 1. The van der Waals surface area contributed by atoms with Crippen molar-refractivity contribution < 1.29 is 14.3 Å². The van der Waals surface area contributed by atoms with Crippen LogP contribution in [-0.2, 0) is 4.74 Å². The van der Waals surface area contributed by atoms with E-state index in [2.05, 4.69) is 4.98 Å². The Morgan fingerprint density at radius 2 is 2.10 bits per heavy atom. The first-order chi connectivity index (χ1) is 9.93. The number of halogens is 1. The molecule has 1 heterocycles. The Morgan fingerprint density at radius 3 is 2.67 bits per heavy atom. The minimum absolute atomic E-state index is 0.0821. The fraction of sp³-hybridized carbons (Fsp3) is 0.267. The number of benzene rings is 1. The van der Waals surface area contributed by atoms with Gasteiger partial charge in [-0.3, -0.25) is 4.79 Å². The average molecular weight is 324 g/mol. The summed E-state index contributed by atoms with van der Waals surface area (Å²) in [6.07, 6.45) is 0. The van der Waals surface area contributed by atoms with Crippen LogP contribution in [-0.4, -0.2) is 23.3 Å². The first kappa shape index (κ1) is 15.7. The zero-order valence-corrected chi connectivity index (χ0v) is 13.5. The Balaban J connectivity index is 2.53. The van der Waals surface area contributed by atoms with Gasteiger partial charge >= 0.3 is 5.97 Å². The van der Waals surface area contributed by atoms with Crippen LogP contribution in [0, 0.1) is 6.92 Å². The van der Waals surface area contributed by atoms with E-state index in [1.54, 1.807) is 13.0 Å². The minimum Gasteiger partial charge on any atom is -0.461 e. The highest BCUT2D eigenvalue weighted by Crippen LogP contribution is 2.32. The molecule has 0 fully saturated rings. The Labute approximate surface area is 131 Å². The van der Waals surface area contributed by atoms with Crippen molar-refractivity contribution in [2.45, 2.75) is 20.8 Å². The number of thiazole rings is 1. The van der Waals surface area contributed by atoms with Crippen LogP contribution in [0.2, 0.25) is 5.02 Å². The number of Topliss-reactive ketones (excluding diaryl/α,β-unsaturated/α-hetero) is 1. The molecule has 1 aromatic heterocycles. The van der Waals surface area contributed by atoms with Gasteiger partial charge in [0.2, 0.25) is 0 Å². The highest BCUT2D eigenvalue weighted by atomic mass is 35.5. The number of carbonyl (C=O) groups excluding carboxylic acids is 2. The Hall–Kier alpha value is -1.72. The minimum atomic E-state index is -0.572. The largest absolute Gasteiger partial charge is 0.461 e. The van der Waals surface area contributed by atoms with Crippen molar-refractivity contribution in [3.05, 3.63) is 39.4 Å². The second-order valence-electron chi connectivity index (χ2n) is 4.43. The average Bonchev–Trinajstić information content (AvgIpc) is 2.84. The standard InChI is InChI=1S/C15H14ClNO3S/c1-4-20-15(19)12-13(9(3)18)21-14(17-12)11-6-5-10(16)7-8(11)2/h5-7H,4H2,1-3H3. The Bertz CT molecular complexity index is 709. The number of nitrogens with zero attached hydrogens (tertiary/aromatic N) is 1. The molecule has 2 rings (SSSR count). The van der Waals surface area contributed by atoms with Crippen LogP contribution in [0.3, 0.4) is 0 Å². The van der Waals surface area contributed by atoms with Crippen LogP contribution in [0.4, 0.5) is 0 Å². The lowest BCUT2D eigenvalue weighted by Gasteiger charge is -2.02. The molecular weight excluding hydrogens is 310 g/mol. The maximum atomic E-state index is 11.9. The van der Waals surface area contributed by atoms with Crippen LogP contribution < -0.4 is 0 Å². The third-order valence-corrected chi connectivity index (χ3v) is 4.26. The fourth-order valence-electron chi connectivity index (χ4n) is 1.88. The molecule has 0 radical (unpaired) electrons. The molecule has 0 unspecified atom stereocenters. The Morgan fingerprint density at radius 1 is 1.38 bits per heavy atom. The van der Waals surface area contributed by atoms with Crippen LogP contribution in [0.15, 0.2) is 18.2 Å². The van der Waals surface area contributed by atoms with Crippen molar-refractivity contribution >= 4 is 34.7 Å². The van der Waals surface area contributed by atoms with Crippen molar-refractivity contribution in [1.82, 2.24) is 4.98 Å². The second-order valence-corrected chi connectivity index (χ2v) is 5.87. The highest BCUT2D eigenvalue weighted by molar-refractivity contribution is 7.17. The summed E-state index contributed by atoms with van der Waals surface area (Å²) < 4.78 is 4.95. The van der Waals surface area contributed by atoms with Gasteiger partial charge in [0.1, 0.15) is 9.88 Å². The van der Waals surface area contributed by atoms with Crippen molar-refractivity contribution in [1.29, 1.82) is 0 Å². The molecule has 0 aliphatic heterocycles. The van der Waals surface area contributed by atoms with Crippen LogP contribution in [0.1, 0.15) is 39.6 Å². The number of esters is 1.